The number of amides is 1. The van der Waals surface area contributed by atoms with Gasteiger partial charge in [-0.25, -0.2) is 4.79 Å². The Morgan fingerprint density at radius 3 is 2.03 bits per heavy atom. The lowest BCUT2D eigenvalue weighted by Gasteiger charge is -2.27. The van der Waals surface area contributed by atoms with Crippen molar-refractivity contribution in [3.63, 3.8) is 0 Å². The number of rotatable bonds is 6. The molecule has 7 nitrogen and oxygen atoms in total. The number of aromatic hydroxyl groups is 1. The SMILES string of the molecule is CC(C)OC(=O)c1ccc(N2C(=O)C(O)=C(C(=O)C(C)C)C2c2ccc(O)cc2)cc1. The van der Waals surface area contributed by atoms with Crippen LogP contribution in [-0.2, 0) is 14.3 Å². The highest BCUT2D eigenvalue weighted by Gasteiger charge is 2.44. The van der Waals surface area contributed by atoms with Crippen LogP contribution in [0, 0.1) is 5.92 Å². The summed E-state index contributed by atoms with van der Waals surface area (Å²) in [5.41, 5.74) is 1.29. The Hall–Kier alpha value is -3.61. The van der Waals surface area contributed by atoms with Crippen molar-refractivity contribution in [1.82, 2.24) is 0 Å². The van der Waals surface area contributed by atoms with Crippen molar-refractivity contribution in [2.75, 3.05) is 4.90 Å². The van der Waals surface area contributed by atoms with E-state index in [-0.39, 0.29) is 23.2 Å². The summed E-state index contributed by atoms with van der Waals surface area (Å²) in [4.78, 5) is 39.3. The molecule has 0 bridgehead atoms. The number of hydrogen-bond donors (Lipinski definition) is 2. The number of carbonyl (C=O) groups is 3. The zero-order valence-electron chi connectivity index (χ0n) is 17.8. The van der Waals surface area contributed by atoms with Crippen LogP contribution in [0.3, 0.4) is 0 Å². The Balaban J connectivity index is 2.06. The van der Waals surface area contributed by atoms with E-state index in [2.05, 4.69) is 0 Å². The van der Waals surface area contributed by atoms with Crippen molar-refractivity contribution in [1.29, 1.82) is 0 Å². The van der Waals surface area contributed by atoms with Crippen LogP contribution in [-0.4, -0.2) is 34.0 Å². The molecule has 3 rings (SSSR count). The number of Topliss-reactive ketones (excluding diaryl/α,β-unsaturated/α-hetero) is 1. The minimum atomic E-state index is -0.864. The van der Waals surface area contributed by atoms with Gasteiger partial charge < -0.3 is 14.9 Å². The zero-order chi connectivity index (χ0) is 22.9. The molecule has 1 unspecified atom stereocenters. The fourth-order valence-electron chi connectivity index (χ4n) is 3.45. The molecule has 31 heavy (non-hydrogen) atoms. The van der Waals surface area contributed by atoms with Crippen molar-refractivity contribution in [2.24, 2.45) is 5.92 Å². The van der Waals surface area contributed by atoms with Crippen LogP contribution in [0.5, 0.6) is 5.75 Å². The predicted molar refractivity (Wildman–Crippen MR) is 115 cm³/mol. The molecule has 1 aliphatic rings. The topological polar surface area (TPSA) is 104 Å². The number of carbonyl (C=O) groups excluding carboxylic acids is 3. The van der Waals surface area contributed by atoms with E-state index in [0.29, 0.717) is 16.8 Å². The van der Waals surface area contributed by atoms with Gasteiger partial charge in [0, 0.05) is 11.6 Å². The van der Waals surface area contributed by atoms with E-state index < -0.39 is 29.6 Å². The van der Waals surface area contributed by atoms with Gasteiger partial charge in [0.25, 0.3) is 5.91 Å². The van der Waals surface area contributed by atoms with E-state index in [1.54, 1.807) is 52.0 Å². The number of hydrogen-bond acceptors (Lipinski definition) is 6. The smallest absolute Gasteiger partial charge is 0.338 e. The first kappa shape index (κ1) is 22.1. The van der Waals surface area contributed by atoms with Gasteiger partial charge in [0.1, 0.15) is 5.75 Å². The third kappa shape index (κ3) is 4.30. The first-order chi connectivity index (χ1) is 14.6. The Morgan fingerprint density at radius 2 is 1.52 bits per heavy atom. The summed E-state index contributed by atoms with van der Waals surface area (Å²) in [6.45, 7) is 6.88. The molecule has 162 valence electrons. The van der Waals surface area contributed by atoms with Crippen LogP contribution in [0.2, 0.25) is 0 Å². The second-order valence-corrected chi connectivity index (χ2v) is 7.95. The first-order valence-corrected chi connectivity index (χ1v) is 10.0. The average molecular weight is 423 g/mol. The van der Waals surface area contributed by atoms with Gasteiger partial charge in [0.2, 0.25) is 0 Å². The maximum Gasteiger partial charge on any atom is 0.338 e. The molecule has 7 heteroatoms. The maximum absolute atomic E-state index is 13.0. The molecular formula is C24H25NO6. The average Bonchev–Trinajstić information content (AvgIpc) is 2.98. The monoisotopic (exact) mass is 423 g/mol. The van der Waals surface area contributed by atoms with E-state index in [1.165, 1.54) is 29.2 Å². The van der Waals surface area contributed by atoms with Crippen LogP contribution in [0.4, 0.5) is 5.69 Å². The second kappa shape index (κ2) is 8.63. The number of anilines is 1. The number of ketones is 1. The number of phenols is 1. The van der Waals surface area contributed by atoms with E-state index in [1.807, 2.05) is 0 Å². The Bertz CT molecular complexity index is 1030. The van der Waals surface area contributed by atoms with E-state index in [0.717, 1.165) is 0 Å². The summed E-state index contributed by atoms with van der Waals surface area (Å²) >= 11 is 0. The molecule has 1 heterocycles. The standard InChI is InChI=1S/C24H25NO6/c1-13(2)21(27)19-20(15-7-11-18(26)12-8-15)25(23(29)22(19)28)17-9-5-16(6-10-17)24(30)31-14(3)4/h5-14,20,26,28H,1-4H3. The molecule has 0 aromatic heterocycles. The molecular weight excluding hydrogens is 398 g/mol. The molecule has 0 spiro atoms. The van der Waals surface area contributed by atoms with Crippen LogP contribution in [0.15, 0.2) is 59.9 Å². The van der Waals surface area contributed by atoms with Gasteiger partial charge in [0.15, 0.2) is 11.5 Å². The van der Waals surface area contributed by atoms with Crippen LogP contribution < -0.4 is 4.90 Å². The van der Waals surface area contributed by atoms with Crippen LogP contribution in [0.1, 0.15) is 49.7 Å². The fourth-order valence-corrected chi connectivity index (χ4v) is 3.45. The van der Waals surface area contributed by atoms with Gasteiger partial charge in [-0.05, 0) is 55.8 Å². The van der Waals surface area contributed by atoms with E-state index in [4.69, 9.17) is 4.74 Å². The molecule has 2 aromatic carbocycles. The Kier molecular flexibility index (Phi) is 6.15. The van der Waals surface area contributed by atoms with Gasteiger partial charge >= 0.3 is 5.97 Å². The molecule has 2 aromatic rings. The Labute approximate surface area is 180 Å². The van der Waals surface area contributed by atoms with Crippen molar-refractivity contribution < 1.29 is 29.3 Å². The van der Waals surface area contributed by atoms with Gasteiger partial charge in [-0.1, -0.05) is 26.0 Å². The Morgan fingerprint density at radius 1 is 0.935 bits per heavy atom. The first-order valence-electron chi connectivity index (χ1n) is 10.0. The molecule has 0 saturated carbocycles. The maximum atomic E-state index is 13.0. The van der Waals surface area contributed by atoms with Crippen LogP contribution in [0.25, 0.3) is 0 Å². The summed E-state index contributed by atoms with van der Waals surface area (Å²) in [5, 5.41) is 20.2. The molecule has 1 atom stereocenters. The molecule has 0 fully saturated rings. The lowest BCUT2D eigenvalue weighted by Crippen LogP contribution is -2.31. The summed E-state index contributed by atoms with van der Waals surface area (Å²) in [6.07, 6.45) is -0.267. The van der Waals surface area contributed by atoms with Crippen molar-refractivity contribution >= 4 is 23.3 Å². The largest absolute Gasteiger partial charge is 0.508 e. The number of aliphatic hydroxyl groups is 1. The third-order valence-electron chi connectivity index (χ3n) is 4.93. The van der Waals surface area contributed by atoms with E-state index in [9.17, 15) is 24.6 Å². The number of aliphatic hydroxyl groups excluding tert-OH is 1. The summed E-state index contributed by atoms with van der Waals surface area (Å²) in [7, 11) is 0. The highest BCUT2D eigenvalue weighted by atomic mass is 16.5. The normalized spacial score (nSPS) is 16.4. The number of phenolic OH excluding ortho intramolecular Hbond substituents is 1. The van der Waals surface area contributed by atoms with Crippen molar-refractivity contribution in [3.05, 3.63) is 71.0 Å². The van der Waals surface area contributed by atoms with E-state index >= 15 is 0 Å². The summed E-state index contributed by atoms with van der Waals surface area (Å²) in [5.74, 6) is -2.53. The fraction of sp³-hybridized carbons (Fsp3) is 0.292. The highest BCUT2D eigenvalue weighted by Crippen LogP contribution is 2.42. The van der Waals surface area contributed by atoms with Crippen molar-refractivity contribution in [3.8, 4) is 5.75 Å². The van der Waals surface area contributed by atoms with Gasteiger partial charge in [-0.2, -0.15) is 0 Å². The zero-order valence-corrected chi connectivity index (χ0v) is 17.8. The predicted octanol–water partition coefficient (Wildman–Crippen LogP) is 4.08. The third-order valence-corrected chi connectivity index (χ3v) is 4.93. The molecule has 0 radical (unpaired) electrons. The molecule has 1 aliphatic heterocycles. The molecule has 0 saturated heterocycles. The summed E-state index contributed by atoms with van der Waals surface area (Å²) < 4.78 is 5.18. The molecule has 2 N–H and O–H groups in total. The minimum absolute atomic E-state index is 0.00832. The van der Waals surface area contributed by atoms with Gasteiger partial charge in [0.05, 0.1) is 23.3 Å². The molecule has 1 amide bonds. The van der Waals surface area contributed by atoms with Crippen molar-refractivity contribution in [2.45, 2.75) is 39.8 Å². The summed E-state index contributed by atoms with van der Waals surface area (Å²) in [6, 6.07) is 11.4. The highest BCUT2D eigenvalue weighted by molar-refractivity contribution is 6.17. The lowest BCUT2D eigenvalue weighted by molar-refractivity contribution is -0.119. The number of esters is 1. The number of benzene rings is 2. The van der Waals surface area contributed by atoms with Gasteiger partial charge in [-0.3, -0.25) is 14.5 Å². The van der Waals surface area contributed by atoms with Crippen LogP contribution >= 0.6 is 0 Å². The molecule has 0 aliphatic carbocycles. The number of nitrogens with zero attached hydrogens (tertiary/aromatic N) is 1. The number of ether oxygens (including phenoxy) is 1. The van der Waals surface area contributed by atoms with Gasteiger partial charge in [-0.15, -0.1) is 0 Å². The lowest BCUT2D eigenvalue weighted by atomic mass is 9.91. The quantitative estimate of drug-likeness (QED) is 0.679. The minimum Gasteiger partial charge on any atom is -0.508 e. The second-order valence-electron chi connectivity index (χ2n) is 7.95.